The van der Waals surface area contributed by atoms with Crippen LogP contribution in [0.2, 0.25) is 0 Å². The lowest BCUT2D eigenvalue weighted by molar-refractivity contribution is 0.181. The summed E-state index contributed by atoms with van der Waals surface area (Å²) in [5.41, 5.74) is 2.82. The van der Waals surface area contributed by atoms with E-state index in [1.54, 1.807) is 22.1 Å². The average Bonchev–Trinajstić information content (AvgIpc) is 3.19. The third kappa shape index (κ3) is 4.09. The van der Waals surface area contributed by atoms with Crippen LogP contribution in [0.25, 0.3) is 0 Å². The molecule has 0 N–H and O–H groups in total. The van der Waals surface area contributed by atoms with Crippen molar-refractivity contribution in [2.45, 2.75) is 58.6 Å². The molecule has 1 aliphatic heterocycles. The monoisotopic (exact) mass is 394 g/mol. The zero-order valence-electron chi connectivity index (χ0n) is 16.9. The summed E-state index contributed by atoms with van der Waals surface area (Å²) in [7, 11) is -3.50. The van der Waals surface area contributed by atoms with Crippen LogP contribution >= 0.6 is 0 Å². The maximum absolute atomic E-state index is 13.0. The predicted molar refractivity (Wildman–Crippen MR) is 104 cm³/mol. The molecule has 0 radical (unpaired) electrons. The summed E-state index contributed by atoms with van der Waals surface area (Å²) in [6.45, 7) is 13.9. The van der Waals surface area contributed by atoms with Crippen molar-refractivity contribution >= 4 is 10.0 Å². The summed E-state index contributed by atoms with van der Waals surface area (Å²) in [4.78, 5) is 2.62. The highest BCUT2D eigenvalue weighted by atomic mass is 32.2. The lowest BCUT2D eigenvalue weighted by Crippen LogP contribution is -2.48. The zero-order valence-corrected chi connectivity index (χ0v) is 17.7. The second-order valence-corrected chi connectivity index (χ2v) is 9.33. The van der Waals surface area contributed by atoms with Gasteiger partial charge in [0.15, 0.2) is 0 Å². The highest BCUT2D eigenvalue weighted by Crippen LogP contribution is 2.22. The van der Waals surface area contributed by atoms with Gasteiger partial charge < -0.3 is 0 Å². The molecule has 8 nitrogen and oxygen atoms in total. The van der Waals surface area contributed by atoms with Crippen molar-refractivity contribution in [3.8, 4) is 0 Å². The van der Waals surface area contributed by atoms with E-state index in [2.05, 4.69) is 28.2 Å². The van der Waals surface area contributed by atoms with Crippen LogP contribution in [-0.2, 0) is 23.1 Å². The van der Waals surface area contributed by atoms with E-state index in [0.29, 0.717) is 36.8 Å². The van der Waals surface area contributed by atoms with Crippen molar-refractivity contribution in [2.75, 3.05) is 26.2 Å². The lowest BCUT2D eigenvalue weighted by atomic mass is 10.2. The number of rotatable bonds is 6. The maximum Gasteiger partial charge on any atom is 0.246 e. The molecule has 0 atom stereocenters. The molecular weight excluding hydrogens is 364 g/mol. The van der Waals surface area contributed by atoms with Crippen molar-refractivity contribution in [3.63, 3.8) is 0 Å². The van der Waals surface area contributed by atoms with Crippen molar-refractivity contribution in [3.05, 3.63) is 29.3 Å². The molecule has 2 aromatic heterocycles. The molecule has 3 rings (SSSR count). The fraction of sp³-hybridized carbons (Fsp3) is 0.667. The molecule has 0 bridgehead atoms. The van der Waals surface area contributed by atoms with Gasteiger partial charge in [-0.15, -0.1) is 0 Å². The van der Waals surface area contributed by atoms with E-state index in [-0.39, 0.29) is 6.04 Å². The van der Waals surface area contributed by atoms with Gasteiger partial charge in [0.1, 0.15) is 4.90 Å². The van der Waals surface area contributed by atoms with Gasteiger partial charge >= 0.3 is 0 Å². The van der Waals surface area contributed by atoms with Gasteiger partial charge in [0.2, 0.25) is 10.0 Å². The minimum absolute atomic E-state index is 0.136. The Bertz CT molecular complexity index is 891. The fourth-order valence-corrected chi connectivity index (χ4v) is 4.94. The molecule has 0 aromatic carbocycles. The largest absolute Gasteiger partial charge is 0.296 e. The van der Waals surface area contributed by atoms with Crippen molar-refractivity contribution in [1.29, 1.82) is 0 Å². The first-order chi connectivity index (χ1) is 12.7. The minimum Gasteiger partial charge on any atom is -0.296 e. The molecule has 2 aromatic rings. The molecule has 0 saturated carbocycles. The first-order valence-corrected chi connectivity index (χ1v) is 11.0. The second kappa shape index (κ2) is 7.73. The summed E-state index contributed by atoms with van der Waals surface area (Å²) in [6, 6.07) is 0.136. The topological polar surface area (TPSA) is 76.3 Å². The number of aryl methyl sites for hydroxylation is 3. The predicted octanol–water partition coefficient (Wildman–Crippen LogP) is 1.80. The highest BCUT2D eigenvalue weighted by molar-refractivity contribution is 7.89. The number of hydrogen-bond acceptors (Lipinski definition) is 5. The number of hydrogen-bond donors (Lipinski definition) is 0. The van der Waals surface area contributed by atoms with E-state index < -0.39 is 10.0 Å². The quantitative estimate of drug-likeness (QED) is 0.747. The number of nitrogens with zero attached hydrogens (tertiary/aromatic N) is 6. The molecule has 1 aliphatic rings. The van der Waals surface area contributed by atoms with E-state index in [9.17, 15) is 8.42 Å². The highest BCUT2D eigenvalue weighted by Gasteiger charge is 2.31. The van der Waals surface area contributed by atoms with Crippen LogP contribution in [0.3, 0.4) is 0 Å². The lowest BCUT2D eigenvalue weighted by Gasteiger charge is -2.33. The number of sulfonamides is 1. The Labute approximate surface area is 161 Å². The first kappa shape index (κ1) is 20.0. The van der Waals surface area contributed by atoms with E-state index >= 15 is 0 Å². The van der Waals surface area contributed by atoms with Gasteiger partial charge in [0, 0.05) is 63.3 Å². The van der Waals surface area contributed by atoms with Crippen molar-refractivity contribution in [2.24, 2.45) is 0 Å². The third-order valence-corrected chi connectivity index (χ3v) is 7.12. The van der Waals surface area contributed by atoms with E-state index in [1.807, 2.05) is 25.5 Å². The normalized spacial score (nSPS) is 17.1. The minimum atomic E-state index is -3.50. The molecule has 9 heteroatoms. The maximum atomic E-state index is 13.0. The van der Waals surface area contributed by atoms with Gasteiger partial charge in [0.25, 0.3) is 0 Å². The summed E-state index contributed by atoms with van der Waals surface area (Å²) < 4.78 is 31.3. The molecule has 0 aliphatic carbocycles. The summed E-state index contributed by atoms with van der Waals surface area (Å²) in [5.74, 6) is 0. The van der Waals surface area contributed by atoms with Gasteiger partial charge in [-0.05, 0) is 34.6 Å². The zero-order chi connectivity index (χ0) is 19.8. The Morgan fingerprint density at radius 2 is 1.70 bits per heavy atom. The van der Waals surface area contributed by atoms with E-state index in [4.69, 9.17) is 0 Å². The molecule has 1 fully saturated rings. The average molecular weight is 395 g/mol. The summed E-state index contributed by atoms with van der Waals surface area (Å²) in [6.07, 6.45) is 3.74. The Morgan fingerprint density at radius 3 is 2.22 bits per heavy atom. The molecule has 3 heterocycles. The van der Waals surface area contributed by atoms with Crippen LogP contribution < -0.4 is 0 Å². The smallest absolute Gasteiger partial charge is 0.246 e. The van der Waals surface area contributed by atoms with Crippen LogP contribution in [0, 0.1) is 13.8 Å². The Kier molecular flexibility index (Phi) is 5.73. The second-order valence-electron chi connectivity index (χ2n) is 7.43. The van der Waals surface area contributed by atoms with Gasteiger partial charge in [-0.25, -0.2) is 8.42 Å². The van der Waals surface area contributed by atoms with Gasteiger partial charge in [-0.2, -0.15) is 14.5 Å². The van der Waals surface area contributed by atoms with Crippen LogP contribution in [0.5, 0.6) is 0 Å². The molecule has 0 unspecified atom stereocenters. The van der Waals surface area contributed by atoms with Crippen LogP contribution in [0.15, 0.2) is 17.3 Å². The molecule has 0 amide bonds. The molecular formula is C18H30N6O2S. The fourth-order valence-electron chi connectivity index (χ4n) is 3.37. The van der Waals surface area contributed by atoms with Crippen LogP contribution in [0.4, 0.5) is 0 Å². The molecule has 150 valence electrons. The Hall–Kier alpha value is -1.71. The third-order valence-electron chi connectivity index (χ3n) is 5.12. The molecule has 0 spiro atoms. The Morgan fingerprint density at radius 1 is 1.04 bits per heavy atom. The standard InChI is InChI=1S/C18H30N6O2S/c1-6-22-12-17(15(4)19-22)11-21-7-9-23(10-8-21)27(25,26)18-13-24(14(2)3)20-16(18)5/h12-14H,6-11H2,1-5H3. The van der Waals surface area contributed by atoms with Gasteiger partial charge in [-0.1, -0.05) is 0 Å². The summed E-state index contributed by atoms with van der Waals surface area (Å²) in [5, 5.41) is 8.84. The van der Waals surface area contributed by atoms with Crippen LogP contribution in [0.1, 0.15) is 43.8 Å². The SMILES string of the molecule is CCn1cc(CN2CCN(S(=O)(=O)c3cn(C(C)C)nc3C)CC2)c(C)n1. The summed E-state index contributed by atoms with van der Waals surface area (Å²) >= 11 is 0. The van der Waals surface area contributed by atoms with Crippen LogP contribution in [-0.4, -0.2) is 63.4 Å². The van der Waals surface area contributed by atoms with Gasteiger partial charge in [-0.3, -0.25) is 14.3 Å². The molecule has 27 heavy (non-hydrogen) atoms. The Balaban J connectivity index is 1.66. The van der Waals surface area contributed by atoms with Crippen molar-refractivity contribution in [1.82, 2.24) is 28.8 Å². The van der Waals surface area contributed by atoms with Gasteiger partial charge in [0.05, 0.1) is 11.4 Å². The van der Waals surface area contributed by atoms with E-state index in [0.717, 1.165) is 18.8 Å². The number of piperazine rings is 1. The number of aromatic nitrogens is 4. The first-order valence-electron chi connectivity index (χ1n) is 9.53. The van der Waals surface area contributed by atoms with E-state index in [1.165, 1.54) is 5.56 Å². The van der Waals surface area contributed by atoms with Crippen molar-refractivity contribution < 1.29 is 8.42 Å². The molecule has 1 saturated heterocycles.